The van der Waals surface area contributed by atoms with E-state index in [1.165, 1.54) is 0 Å². The van der Waals surface area contributed by atoms with Crippen LogP contribution in [0.4, 0.5) is 5.69 Å². The second-order valence-corrected chi connectivity index (χ2v) is 3.76. The van der Waals surface area contributed by atoms with Crippen molar-refractivity contribution in [2.24, 2.45) is 11.0 Å². The van der Waals surface area contributed by atoms with E-state index in [9.17, 15) is 0 Å². The summed E-state index contributed by atoms with van der Waals surface area (Å²) in [6.45, 7) is 6.36. The second kappa shape index (κ2) is 4.80. The fraction of sp³-hybridized carbons (Fsp3) is 0.417. The molecule has 0 fully saturated rings. The summed E-state index contributed by atoms with van der Waals surface area (Å²) < 4.78 is 0. The van der Waals surface area contributed by atoms with Gasteiger partial charge in [0.25, 0.3) is 0 Å². The fourth-order valence-corrected chi connectivity index (χ4v) is 1.05. The van der Waals surface area contributed by atoms with E-state index >= 15 is 0 Å². The van der Waals surface area contributed by atoms with E-state index in [0.717, 1.165) is 11.4 Å². The highest BCUT2D eigenvalue weighted by Crippen LogP contribution is 2.12. The Morgan fingerprint density at radius 1 is 1.21 bits per heavy atom. The molecular weight excluding hydrogens is 172 g/mol. The van der Waals surface area contributed by atoms with Crippen LogP contribution in [0, 0.1) is 5.92 Å². The lowest BCUT2D eigenvalue weighted by Gasteiger charge is -2.15. The molecule has 0 saturated carbocycles. The second-order valence-electron chi connectivity index (χ2n) is 3.76. The van der Waals surface area contributed by atoms with Crippen LogP contribution >= 0.6 is 0 Å². The van der Waals surface area contributed by atoms with Crippen molar-refractivity contribution >= 4 is 11.4 Å². The molecule has 0 aliphatic carbocycles. The summed E-state index contributed by atoms with van der Waals surface area (Å²) in [7, 11) is 1.97. The first-order chi connectivity index (χ1) is 6.61. The van der Waals surface area contributed by atoms with Crippen molar-refractivity contribution in [3.8, 4) is 0 Å². The van der Waals surface area contributed by atoms with Gasteiger partial charge in [0, 0.05) is 12.8 Å². The maximum absolute atomic E-state index is 4.50. The molecule has 0 bridgehead atoms. The van der Waals surface area contributed by atoms with E-state index in [1.807, 2.05) is 30.3 Å². The van der Waals surface area contributed by atoms with E-state index < -0.39 is 0 Å². The fourth-order valence-electron chi connectivity index (χ4n) is 1.05. The standard InChI is InChI=1S/C12H18N2/c1-10(2)11(3)13-14(4)12-8-6-5-7-9-12/h5-10H,1-4H3/b13-11+. The van der Waals surface area contributed by atoms with E-state index in [2.05, 4.69) is 38.0 Å². The van der Waals surface area contributed by atoms with E-state index in [-0.39, 0.29) is 0 Å². The third-order valence-electron chi connectivity index (χ3n) is 2.27. The zero-order valence-electron chi connectivity index (χ0n) is 9.36. The molecule has 1 aromatic carbocycles. The van der Waals surface area contributed by atoms with Gasteiger partial charge in [0.2, 0.25) is 0 Å². The van der Waals surface area contributed by atoms with Crippen molar-refractivity contribution < 1.29 is 0 Å². The van der Waals surface area contributed by atoms with Gasteiger partial charge >= 0.3 is 0 Å². The number of anilines is 1. The van der Waals surface area contributed by atoms with Crippen LogP contribution in [0.2, 0.25) is 0 Å². The molecule has 0 N–H and O–H groups in total. The number of hydrazone groups is 1. The monoisotopic (exact) mass is 190 g/mol. The molecule has 0 amide bonds. The summed E-state index contributed by atoms with van der Waals surface area (Å²) >= 11 is 0. The number of hydrogen-bond donors (Lipinski definition) is 0. The third-order valence-corrected chi connectivity index (χ3v) is 2.27. The molecule has 0 atom stereocenters. The van der Waals surface area contributed by atoms with Gasteiger partial charge in [-0.05, 0) is 25.0 Å². The van der Waals surface area contributed by atoms with Gasteiger partial charge in [-0.25, -0.2) is 0 Å². The van der Waals surface area contributed by atoms with Crippen LogP contribution in [0.15, 0.2) is 35.4 Å². The zero-order valence-corrected chi connectivity index (χ0v) is 9.36. The Bertz CT molecular complexity index is 301. The molecule has 0 aliphatic heterocycles. The summed E-state index contributed by atoms with van der Waals surface area (Å²) in [5.74, 6) is 0.501. The lowest BCUT2D eigenvalue weighted by atomic mass is 10.1. The van der Waals surface area contributed by atoms with Crippen molar-refractivity contribution in [2.75, 3.05) is 12.1 Å². The predicted octanol–water partition coefficient (Wildman–Crippen LogP) is 3.15. The van der Waals surface area contributed by atoms with Crippen molar-refractivity contribution in [1.29, 1.82) is 0 Å². The van der Waals surface area contributed by atoms with Crippen molar-refractivity contribution in [3.05, 3.63) is 30.3 Å². The highest BCUT2D eigenvalue weighted by atomic mass is 15.4. The maximum Gasteiger partial charge on any atom is 0.0590 e. The summed E-state index contributed by atoms with van der Waals surface area (Å²) in [6, 6.07) is 10.2. The predicted molar refractivity (Wildman–Crippen MR) is 62.8 cm³/mol. The maximum atomic E-state index is 4.50. The first kappa shape index (κ1) is 10.8. The Balaban J connectivity index is 2.77. The summed E-state index contributed by atoms with van der Waals surface area (Å²) in [5, 5.41) is 6.41. The van der Waals surface area contributed by atoms with Crippen molar-refractivity contribution in [1.82, 2.24) is 0 Å². The lowest BCUT2D eigenvalue weighted by molar-refractivity contribution is 0.856. The molecule has 1 rings (SSSR count). The Kier molecular flexibility index (Phi) is 3.69. The van der Waals surface area contributed by atoms with E-state index in [1.54, 1.807) is 0 Å². The number of nitrogens with zero attached hydrogens (tertiary/aromatic N) is 2. The molecule has 0 saturated heterocycles. The molecule has 0 radical (unpaired) electrons. The Labute approximate surface area is 86.2 Å². The SMILES string of the molecule is C/C(=N\N(C)c1ccccc1)C(C)C. The number of hydrogen-bond acceptors (Lipinski definition) is 2. The molecule has 0 aromatic heterocycles. The van der Waals surface area contributed by atoms with Crippen molar-refractivity contribution in [3.63, 3.8) is 0 Å². The normalized spacial score (nSPS) is 11.9. The minimum Gasteiger partial charge on any atom is -0.269 e. The number of para-hydroxylation sites is 1. The highest BCUT2D eigenvalue weighted by Gasteiger charge is 2.01. The summed E-state index contributed by atoms with van der Waals surface area (Å²) in [4.78, 5) is 0. The third kappa shape index (κ3) is 2.87. The minimum atomic E-state index is 0.501. The molecule has 0 unspecified atom stereocenters. The molecule has 0 spiro atoms. The zero-order chi connectivity index (χ0) is 10.6. The van der Waals surface area contributed by atoms with E-state index in [0.29, 0.717) is 5.92 Å². The first-order valence-corrected chi connectivity index (χ1v) is 4.95. The molecule has 2 heteroatoms. The van der Waals surface area contributed by atoms with Crippen LogP contribution in [0.5, 0.6) is 0 Å². The van der Waals surface area contributed by atoms with Crippen LogP contribution in [0.1, 0.15) is 20.8 Å². The average molecular weight is 190 g/mol. The lowest BCUT2D eigenvalue weighted by Crippen LogP contribution is -2.14. The largest absolute Gasteiger partial charge is 0.269 e. The van der Waals surface area contributed by atoms with Crippen molar-refractivity contribution in [2.45, 2.75) is 20.8 Å². The molecule has 0 aliphatic rings. The minimum absolute atomic E-state index is 0.501. The van der Waals surface area contributed by atoms with Gasteiger partial charge in [-0.15, -0.1) is 0 Å². The molecule has 76 valence electrons. The average Bonchev–Trinajstić information content (AvgIpc) is 2.19. The topological polar surface area (TPSA) is 15.6 Å². The summed E-state index contributed by atoms with van der Waals surface area (Å²) in [6.07, 6.45) is 0. The molecule has 14 heavy (non-hydrogen) atoms. The van der Waals surface area contributed by atoms with Crippen LogP contribution < -0.4 is 5.01 Å². The summed E-state index contributed by atoms with van der Waals surface area (Å²) in [5.41, 5.74) is 2.27. The quantitative estimate of drug-likeness (QED) is 0.528. The van der Waals surface area contributed by atoms with Crippen LogP contribution in [0.25, 0.3) is 0 Å². The molecule has 1 aromatic rings. The van der Waals surface area contributed by atoms with Crippen LogP contribution in [-0.4, -0.2) is 12.8 Å². The van der Waals surface area contributed by atoms with Crippen LogP contribution in [0.3, 0.4) is 0 Å². The molecule has 0 heterocycles. The van der Waals surface area contributed by atoms with Gasteiger partial charge in [-0.2, -0.15) is 5.10 Å². The van der Waals surface area contributed by atoms with Gasteiger partial charge in [0.1, 0.15) is 0 Å². The first-order valence-electron chi connectivity index (χ1n) is 4.95. The molecular formula is C12H18N2. The van der Waals surface area contributed by atoms with Gasteiger partial charge < -0.3 is 0 Å². The Hall–Kier alpha value is -1.31. The number of rotatable bonds is 3. The van der Waals surface area contributed by atoms with Gasteiger partial charge in [-0.1, -0.05) is 32.0 Å². The highest BCUT2D eigenvalue weighted by molar-refractivity contribution is 5.84. The van der Waals surface area contributed by atoms with Gasteiger partial charge in [-0.3, -0.25) is 5.01 Å². The smallest absolute Gasteiger partial charge is 0.0590 e. The van der Waals surface area contributed by atoms with Gasteiger partial charge in [0.05, 0.1) is 5.69 Å². The Morgan fingerprint density at radius 2 is 1.79 bits per heavy atom. The number of benzene rings is 1. The van der Waals surface area contributed by atoms with E-state index in [4.69, 9.17) is 0 Å². The molecule has 2 nitrogen and oxygen atoms in total. The van der Waals surface area contributed by atoms with Crippen LogP contribution in [-0.2, 0) is 0 Å². The van der Waals surface area contributed by atoms with Gasteiger partial charge in [0.15, 0.2) is 0 Å². The Morgan fingerprint density at radius 3 is 2.29 bits per heavy atom.